The fraction of sp³-hybridized carbons (Fsp3) is 0.105. The topological polar surface area (TPSA) is 13.1 Å². The highest BCUT2D eigenvalue weighted by atomic mass is 79.9. The molecule has 0 N–H and O–H groups in total. The average molecular weight is 356 g/mol. The number of para-hydroxylation sites is 1. The van der Waals surface area contributed by atoms with Crippen molar-refractivity contribution in [1.82, 2.24) is 0 Å². The van der Waals surface area contributed by atoms with Gasteiger partial charge in [-0.3, -0.25) is 0 Å². The highest BCUT2D eigenvalue weighted by molar-refractivity contribution is 5.82. The molecule has 112 valence electrons. The molecule has 0 aliphatic rings. The highest BCUT2D eigenvalue weighted by Crippen LogP contribution is 2.22. The molecule has 0 fully saturated rings. The van der Waals surface area contributed by atoms with Crippen LogP contribution in [0.4, 0.5) is 0 Å². The van der Waals surface area contributed by atoms with Crippen LogP contribution in [0.1, 0.15) is 5.56 Å². The Morgan fingerprint density at radius 2 is 1.68 bits per heavy atom. The van der Waals surface area contributed by atoms with Gasteiger partial charge in [-0.05, 0) is 6.07 Å². The zero-order valence-corrected chi connectivity index (χ0v) is 13.9. The van der Waals surface area contributed by atoms with E-state index in [9.17, 15) is 0 Å². The Balaban J connectivity index is 0.00000176. The SMILES string of the molecule is C=CCOc1cc[n+](Cc2ccccc2)c2ccccc12.[Br-]. The second-order valence-corrected chi connectivity index (χ2v) is 4.91. The lowest BCUT2D eigenvalue weighted by molar-refractivity contribution is -0.662. The maximum absolute atomic E-state index is 5.74. The van der Waals surface area contributed by atoms with Gasteiger partial charge in [0.1, 0.15) is 12.4 Å². The van der Waals surface area contributed by atoms with Gasteiger partial charge in [-0.2, -0.15) is 4.57 Å². The molecule has 1 heterocycles. The molecule has 0 saturated carbocycles. The monoisotopic (exact) mass is 355 g/mol. The summed E-state index contributed by atoms with van der Waals surface area (Å²) in [6.07, 6.45) is 3.84. The van der Waals surface area contributed by atoms with Crippen molar-refractivity contribution in [1.29, 1.82) is 0 Å². The number of benzene rings is 2. The van der Waals surface area contributed by atoms with Crippen LogP contribution in [0.25, 0.3) is 10.9 Å². The first-order chi connectivity index (χ1) is 10.4. The largest absolute Gasteiger partial charge is 1.00 e. The molecule has 0 unspecified atom stereocenters. The number of hydrogen-bond donors (Lipinski definition) is 0. The van der Waals surface area contributed by atoms with E-state index >= 15 is 0 Å². The minimum atomic E-state index is 0. The predicted molar refractivity (Wildman–Crippen MR) is 85.4 cm³/mol. The first kappa shape index (κ1) is 16.2. The van der Waals surface area contributed by atoms with Crippen molar-refractivity contribution < 1.29 is 26.3 Å². The van der Waals surface area contributed by atoms with Gasteiger partial charge in [-0.1, -0.05) is 55.1 Å². The van der Waals surface area contributed by atoms with Crippen LogP contribution < -0.4 is 26.3 Å². The van der Waals surface area contributed by atoms with Crippen molar-refractivity contribution >= 4 is 10.9 Å². The lowest BCUT2D eigenvalue weighted by Gasteiger charge is -2.07. The average Bonchev–Trinajstić information content (AvgIpc) is 2.55. The number of halogens is 1. The lowest BCUT2D eigenvalue weighted by Crippen LogP contribution is -3.00. The summed E-state index contributed by atoms with van der Waals surface area (Å²) < 4.78 is 7.98. The molecule has 22 heavy (non-hydrogen) atoms. The van der Waals surface area contributed by atoms with Gasteiger partial charge in [0.15, 0.2) is 12.7 Å². The first-order valence-electron chi connectivity index (χ1n) is 7.07. The number of nitrogens with zero attached hydrogens (tertiary/aromatic N) is 1. The number of aromatic nitrogens is 1. The molecule has 0 saturated heterocycles. The normalized spacial score (nSPS) is 10.0. The minimum absolute atomic E-state index is 0. The Morgan fingerprint density at radius 1 is 0.955 bits per heavy atom. The Morgan fingerprint density at radius 3 is 2.45 bits per heavy atom. The van der Waals surface area contributed by atoms with Crippen LogP contribution in [0.2, 0.25) is 0 Å². The van der Waals surface area contributed by atoms with Gasteiger partial charge in [0.25, 0.3) is 0 Å². The maximum Gasteiger partial charge on any atom is 0.216 e. The molecular weight excluding hydrogens is 338 g/mol. The smallest absolute Gasteiger partial charge is 0.216 e. The molecule has 0 aliphatic heterocycles. The summed E-state index contributed by atoms with van der Waals surface area (Å²) in [5, 5.41) is 1.12. The van der Waals surface area contributed by atoms with E-state index in [1.165, 1.54) is 11.1 Å². The van der Waals surface area contributed by atoms with Crippen LogP contribution in [0.15, 0.2) is 79.5 Å². The van der Waals surface area contributed by atoms with Gasteiger partial charge in [-0.15, -0.1) is 0 Å². The summed E-state index contributed by atoms with van der Waals surface area (Å²) in [5.41, 5.74) is 2.45. The van der Waals surface area contributed by atoms with Crippen molar-refractivity contribution in [3.8, 4) is 5.75 Å². The van der Waals surface area contributed by atoms with Gasteiger partial charge in [0.05, 0.1) is 5.39 Å². The highest BCUT2D eigenvalue weighted by Gasteiger charge is 2.13. The Bertz CT molecular complexity index is 756. The first-order valence-corrected chi connectivity index (χ1v) is 7.07. The summed E-state index contributed by atoms with van der Waals surface area (Å²) in [6, 6.07) is 20.8. The van der Waals surface area contributed by atoms with Gasteiger partial charge in [0.2, 0.25) is 5.52 Å². The molecule has 0 amide bonds. The number of ether oxygens (including phenoxy) is 1. The minimum Gasteiger partial charge on any atom is -1.00 e. The summed E-state index contributed by atoms with van der Waals surface area (Å²) in [5.74, 6) is 0.898. The second-order valence-electron chi connectivity index (χ2n) is 4.91. The van der Waals surface area contributed by atoms with Crippen molar-refractivity contribution in [2.45, 2.75) is 6.54 Å². The van der Waals surface area contributed by atoms with Crippen LogP contribution in [0, 0.1) is 0 Å². The Labute approximate surface area is 141 Å². The lowest BCUT2D eigenvalue weighted by atomic mass is 10.1. The quantitative estimate of drug-likeness (QED) is 0.486. The van der Waals surface area contributed by atoms with Crippen LogP contribution in [-0.4, -0.2) is 6.61 Å². The number of hydrogen-bond acceptors (Lipinski definition) is 1. The molecule has 0 spiro atoms. The van der Waals surface area contributed by atoms with Crippen LogP contribution in [0.5, 0.6) is 5.75 Å². The fourth-order valence-electron chi connectivity index (χ4n) is 2.45. The molecule has 0 atom stereocenters. The third-order valence-corrected chi connectivity index (χ3v) is 3.44. The molecular formula is C19H18BrNO. The molecule has 0 radical (unpaired) electrons. The molecule has 2 aromatic carbocycles. The predicted octanol–water partition coefficient (Wildman–Crippen LogP) is 0.744. The van der Waals surface area contributed by atoms with E-state index in [4.69, 9.17) is 4.74 Å². The van der Waals surface area contributed by atoms with E-state index in [-0.39, 0.29) is 17.0 Å². The molecule has 3 aromatic rings. The fourth-order valence-corrected chi connectivity index (χ4v) is 2.45. The van der Waals surface area contributed by atoms with Crippen molar-refractivity contribution in [3.63, 3.8) is 0 Å². The van der Waals surface area contributed by atoms with Gasteiger partial charge < -0.3 is 21.7 Å². The zero-order valence-electron chi connectivity index (χ0n) is 12.3. The van der Waals surface area contributed by atoms with Gasteiger partial charge in [0, 0.05) is 17.7 Å². The van der Waals surface area contributed by atoms with Crippen LogP contribution >= 0.6 is 0 Å². The Hall–Kier alpha value is -2.13. The number of rotatable bonds is 5. The van der Waals surface area contributed by atoms with E-state index < -0.39 is 0 Å². The summed E-state index contributed by atoms with van der Waals surface area (Å²) >= 11 is 0. The maximum atomic E-state index is 5.74. The molecule has 0 bridgehead atoms. The van der Waals surface area contributed by atoms with Crippen LogP contribution in [-0.2, 0) is 6.54 Å². The van der Waals surface area contributed by atoms with Gasteiger partial charge >= 0.3 is 0 Å². The number of pyridine rings is 1. The third kappa shape index (κ3) is 3.55. The van der Waals surface area contributed by atoms with Crippen LogP contribution in [0.3, 0.4) is 0 Å². The molecule has 3 rings (SSSR count). The van der Waals surface area contributed by atoms with Crippen molar-refractivity contribution in [2.75, 3.05) is 6.61 Å². The van der Waals surface area contributed by atoms with E-state index in [0.29, 0.717) is 6.61 Å². The van der Waals surface area contributed by atoms with E-state index in [1.54, 1.807) is 6.08 Å². The van der Waals surface area contributed by atoms with E-state index in [1.807, 2.05) is 18.2 Å². The summed E-state index contributed by atoms with van der Waals surface area (Å²) in [4.78, 5) is 0. The third-order valence-electron chi connectivity index (χ3n) is 3.44. The number of fused-ring (bicyclic) bond motifs is 1. The zero-order chi connectivity index (χ0) is 14.5. The van der Waals surface area contributed by atoms with Crippen molar-refractivity contribution in [3.05, 3.63) is 85.1 Å². The molecule has 1 aromatic heterocycles. The molecule has 0 aliphatic carbocycles. The standard InChI is InChI=1S/C19H18NO.BrH/c1-2-14-21-19-12-13-20(15-16-8-4-3-5-9-16)18-11-7-6-10-17(18)19;/h2-13H,1,14-15H2;1H/q+1;/p-1. The summed E-state index contributed by atoms with van der Waals surface area (Å²) in [6.45, 7) is 5.07. The van der Waals surface area contributed by atoms with E-state index in [0.717, 1.165) is 17.7 Å². The molecule has 2 nitrogen and oxygen atoms in total. The van der Waals surface area contributed by atoms with E-state index in [2.05, 4.69) is 59.8 Å². The molecule has 3 heteroatoms. The second kappa shape index (κ2) is 7.76. The Kier molecular flexibility index (Phi) is 5.73. The van der Waals surface area contributed by atoms with Crippen molar-refractivity contribution in [2.24, 2.45) is 0 Å². The van der Waals surface area contributed by atoms with Gasteiger partial charge in [-0.25, -0.2) is 0 Å². The summed E-state index contributed by atoms with van der Waals surface area (Å²) in [7, 11) is 0.